The van der Waals surface area contributed by atoms with Gasteiger partial charge in [-0.05, 0) is 45.8 Å². The van der Waals surface area contributed by atoms with Gasteiger partial charge in [-0.2, -0.15) is 0 Å². The Morgan fingerprint density at radius 1 is 1.05 bits per heavy atom. The molecule has 0 unspecified atom stereocenters. The van der Waals surface area contributed by atoms with Crippen LogP contribution in [0.3, 0.4) is 0 Å². The molecule has 0 saturated heterocycles. The van der Waals surface area contributed by atoms with Gasteiger partial charge in [0.15, 0.2) is 0 Å². The Bertz CT molecular complexity index is 339. The quantitative estimate of drug-likeness (QED) is 0.549. The zero-order valence-corrected chi connectivity index (χ0v) is 14.5. The minimum atomic E-state index is -0.211. The molecule has 0 N–H and O–H groups in total. The van der Waals surface area contributed by atoms with Crippen LogP contribution >= 0.6 is 0 Å². The largest absolute Gasteiger partial charge is 0.466 e. The summed E-state index contributed by atoms with van der Waals surface area (Å²) in [6.07, 6.45) is 4.43. The monoisotopic (exact) mass is 312 g/mol. The zero-order chi connectivity index (χ0) is 16.4. The van der Waals surface area contributed by atoms with Crippen molar-refractivity contribution in [3.63, 3.8) is 0 Å². The molecule has 0 radical (unpaired) electrons. The van der Waals surface area contributed by atoms with E-state index < -0.39 is 0 Å². The van der Waals surface area contributed by atoms with Gasteiger partial charge in [0, 0.05) is 19.0 Å². The number of hydrogen-bond donors (Lipinski definition) is 0. The Morgan fingerprint density at radius 3 is 2.23 bits per heavy atom. The van der Waals surface area contributed by atoms with Gasteiger partial charge >= 0.3 is 5.97 Å². The highest BCUT2D eigenvalue weighted by Gasteiger charge is 2.29. The number of carbonyl (C=O) groups excluding carboxylic acids is 2. The first kappa shape index (κ1) is 18.9. The first-order chi connectivity index (χ1) is 10.6. The Labute approximate surface area is 135 Å². The molecule has 0 aromatic heterocycles. The molecule has 1 aliphatic rings. The SMILES string of the molecule is CCOC(=O)CCN(CCCN(CC)CC)C(=O)C1CCC1. The summed E-state index contributed by atoms with van der Waals surface area (Å²) in [4.78, 5) is 28.2. The third kappa shape index (κ3) is 6.34. The molecular weight excluding hydrogens is 280 g/mol. The lowest BCUT2D eigenvalue weighted by atomic mass is 9.84. The highest BCUT2D eigenvalue weighted by atomic mass is 16.5. The van der Waals surface area contributed by atoms with Crippen molar-refractivity contribution >= 4 is 11.9 Å². The standard InChI is InChI=1S/C17H32N2O3/c1-4-18(5-2)12-8-13-19(14-11-16(20)22-6-3)17(21)15-9-7-10-15/h15H,4-14H2,1-3H3. The van der Waals surface area contributed by atoms with Crippen molar-refractivity contribution < 1.29 is 14.3 Å². The van der Waals surface area contributed by atoms with Gasteiger partial charge in [0.25, 0.3) is 0 Å². The predicted octanol–water partition coefficient (Wildman–Crippen LogP) is 2.30. The van der Waals surface area contributed by atoms with Crippen molar-refractivity contribution in [2.45, 2.75) is 52.9 Å². The van der Waals surface area contributed by atoms with E-state index in [9.17, 15) is 9.59 Å². The van der Waals surface area contributed by atoms with Gasteiger partial charge < -0.3 is 14.5 Å². The molecule has 0 bridgehead atoms. The van der Waals surface area contributed by atoms with Crippen LogP contribution in [-0.2, 0) is 14.3 Å². The normalized spacial score (nSPS) is 14.7. The summed E-state index contributed by atoms with van der Waals surface area (Å²) in [6, 6.07) is 0. The summed E-state index contributed by atoms with van der Waals surface area (Å²) in [7, 11) is 0. The summed E-state index contributed by atoms with van der Waals surface area (Å²) >= 11 is 0. The van der Waals surface area contributed by atoms with Crippen LogP contribution in [-0.4, -0.2) is 61.0 Å². The fourth-order valence-corrected chi connectivity index (χ4v) is 2.73. The van der Waals surface area contributed by atoms with Gasteiger partial charge in [-0.15, -0.1) is 0 Å². The molecule has 1 amide bonds. The number of rotatable bonds is 11. The molecule has 5 heteroatoms. The number of nitrogens with zero attached hydrogens (tertiary/aromatic N) is 2. The molecule has 0 heterocycles. The summed E-state index contributed by atoms with van der Waals surface area (Å²) in [5.74, 6) is 0.211. The van der Waals surface area contributed by atoms with Gasteiger partial charge in [0.1, 0.15) is 0 Å². The van der Waals surface area contributed by atoms with Gasteiger partial charge in [-0.25, -0.2) is 0 Å². The number of hydrogen-bond acceptors (Lipinski definition) is 4. The molecule has 0 atom stereocenters. The Morgan fingerprint density at radius 2 is 1.73 bits per heavy atom. The maximum Gasteiger partial charge on any atom is 0.307 e. The van der Waals surface area contributed by atoms with E-state index in [2.05, 4.69) is 18.7 Å². The smallest absolute Gasteiger partial charge is 0.307 e. The Hall–Kier alpha value is -1.10. The Kier molecular flexibility index (Phi) is 9.13. The van der Waals surface area contributed by atoms with E-state index in [0.717, 1.165) is 51.9 Å². The first-order valence-electron chi connectivity index (χ1n) is 8.79. The summed E-state index contributed by atoms with van der Waals surface area (Å²) < 4.78 is 4.97. The maximum absolute atomic E-state index is 12.5. The molecule has 22 heavy (non-hydrogen) atoms. The van der Waals surface area contributed by atoms with Crippen LogP contribution in [0, 0.1) is 5.92 Å². The van der Waals surface area contributed by atoms with Crippen LogP contribution in [0.1, 0.15) is 52.9 Å². The molecule has 0 aliphatic heterocycles. The highest BCUT2D eigenvalue weighted by Crippen LogP contribution is 2.28. The first-order valence-corrected chi connectivity index (χ1v) is 8.79. The van der Waals surface area contributed by atoms with Crippen LogP contribution in [0.15, 0.2) is 0 Å². The van der Waals surface area contributed by atoms with Gasteiger partial charge in [0.05, 0.1) is 13.0 Å². The van der Waals surface area contributed by atoms with Gasteiger partial charge in [-0.3, -0.25) is 9.59 Å². The Balaban J connectivity index is 2.42. The molecule has 128 valence electrons. The lowest BCUT2D eigenvalue weighted by Crippen LogP contribution is -2.41. The second-order valence-electron chi connectivity index (χ2n) is 5.89. The third-order valence-electron chi connectivity index (χ3n) is 4.45. The number of ether oxygens (including phenoxy) is 1. The average Bonchev–Trinajstić information content (AvgIpc) is 2.45. The van der Waals surface area contributed by atoms with E-state index in [-0.39, 0.29) is 17.8 Å². The van der Waals surface area contributed by atoms with E-state index in [0.29, 0.717) is 19.6 Å². The van der Waals surface area contributed by atoms with Gasteiger partial charge in [-0.1, -0.05) is 20.3 Å². The molecule has 5 nitrogen and oxygen atoms in total. The van der Waals surface area contributed by atoms with Crippen LogP contribution in [0.2, 0.25) is 0 Å². The maximum atomic E-state index is 12.5. The number of amides is 1. The predicted molar refractivity (Wildman–Crippen MR) is 87.6 cm³/mol. The topological polar surface area (TPSA) is 49.9 Å². The molecule has 0 aromatic rings. The molecule has 1 rings (SSSR count). The molecule has 1 saturated carbocycles. The lowest BCUT2D eigenvalue weighted by Gasteiger charge is -2.32. The fraction of sp³-hybridized carbons (Fsp3) is 0.882. The minimum Gasteiger partial charge on any atom is -0.466 e. The van der Waals surface area contributed by atoms with E-state index in [1.54, 1.807) is 6.92 Å². The second kappa shape index (κ2) is 10.6. The zero-order valence-electron chi connectivity index (χ0n) is 14.5. The van der Waals surface area contributed by atoms with Crippen LogP contribution < -0.4 is 0 Å². The fourth-order valence-electron chi connectivity index (χ4n) is 2.73. The van der Waals surface area contributed by atoms with E-state index in [1.807, 2.05) is 4.90 Å². The van der Waals surface area contributed by atoms with Crippen molar-refractivity contribution in [1.29, 1.82) is 0 Å². The van der Waals surface area contributed by atoms with Crippen LogP contribution in [0.4, 0.5) is 0 Å². The van der Waals surface area contributed by atoms with Crippen LogP contribution in [0.25, 0.3) is 0 Å². The van der Waals surface area contributed by atoms with Crippen molar-refractivity contribution in [1.82, 2.24) is 9.80 Å². The van der Waals surface area contributed by atoms with Gasteiger partial charge in [0.2, 0.25) is 5.91 Å². The molecule has 0 aromatic carbocycles. The summed E-state index contributed by atoms with van der Waals surface area (Å²) in [5, 5.41) is 0. The summed E-state index contributed by atoms with van der Waals surface area (Å²) in [5.41, 5.74) is 0. The molecular formula is C17H32N2O3. The third-order valence-corrected chi connectivity index (χ3v) is 4.45. The number of esters is 1. The van der Waals surface area contributed by atoms with E-state index in [1.165, 1.54) is 0 Å². The van der Waals surface area contributed by atoms with Crippen LogP contribution in [0.5, 0.6) is 0 Å². The van der Waals surface area contributed by atoms with Crippen molar-refractivity contribution in [2.24, 2.45) is 5.92 Å². The van der Waals surface area contributed by atoms with E-state index in [4.69, 9.17) is 4.74 Å². The molecule has 0 spiro atoms. The average molecular weight is 312 g/mol. The molecule has 1 aliphatic carbocycles. The van der Waals surface area contributed by atoms with Crippen molar-refractivity contribution in [3.8, 4) is 0 Å². The van der Waals surface area contributed by atoms with E-state index >= 15 is 0 Å². The van der Waals surface area contributed by atoms with Crippen molar-refractivity contribution in [2.75, 3.05) is 39.3 Å². The summed E-state index contributed by atoms with van der Waals surface area (Å²) in [6.45, 7) is 10.8. The molecule has 1 fully saturated rings. The highest BCUT2D eigenvalue weighted by molar-refractivity contribution is 5.80. The minimum absolute atomic E-state index is 0.190. The second-order valence-corrected chi connectivity index (χ2v) is 5.89. The van der Waals surface area contributed by atoms with Crippen molar-refractivity contribution in [3.05, 3.63) is 0 Å². The lowest BCUT2D eigenvalue weighted by molar-refractivity contribution is -0.145. The number of carbonyl (C=O) groups is 2.